The number of rotatable bonds is 11. The summed E-state index contributed by atoms with van der Waals surface area (Å²) in [7, 11) is 0. The third-order valence-corrected chi connectivity index (χ3v) is 4.95. The summed E-state index contributed by atoms with van der Waals surface area (Å²) in [6.07, 6.45) is 1.04. The van der Waals surface area contributed by atoms with Crippen molar-refractivity contribution in [3.05, 3.63) is 89.5 Å². The van der Waals surface area contributed by atoms with Gasteiger partial charge in [0.25, 0.3) is 5.91 Å². The second kappa shape index (κ2) is 11.8. The van der Waals surface area contributed by atoms with E-state index in [1.54, 1.807) is 0 Å². The number of carbonyl (C=O) groups excluding carboxylic acids is 1. The van der Waals surface area contributed by atoms with E-state index in [0.29, 0.717) is 18.1 Å². The van der Waals surface area contributed by atoms with Gasteiger partial charge in [-0.2, -0.15) is 0 Å². The maximum Gasteiger partial charge on any atom is 0.262 e. The van der Waals surface area contributed by atoms with E-state index in [1.807, 2.05) is 62.4 Å². The topological polar surface area (TPSA) is 64.2 Å². The van der Waals surface area contributed by atoms with Gasteiger partial charge in [0, 0.05) is 17.7 Å². The van der Waals surface area contributed by atoms with Crippen LogP contribution in [0.2, 0.25) is 0 Å². The Balaban J connectivity index is 1.52. The maximum absolute atomic E-state index is 12.3. The highest BCUT2D eigenvalue weighted by Crippen LogP contribution is 2.28. The zero-order valence-electron chi connectivity index (χ0n) is 18.3. The molecule has 0 spiro atoms. The number of para-hydroxylation sites is 1. The van der Waals surface area contributed by atoms with Crippen molar-refractivity contribution in [3.8, 4) is 11.5 Å². The Bertz CT molecular complexity index is 973. The molecule has 0 aliphatic rings. The first kappa shape index (κ1) is 22.4. The van der Waals surface area contributed by atoms with Crippen LogP contribution in [-0.2, 0) is 17.8 Å². The standard InChI is InChI=1S/C26H30N2O3/c1-3-30-25-17-22(18-27-16-15-21-10-5-4-6-11-21)13-14-24(25)31-19-26(29)28-23-12-8-7-9-20(23)2/h4-14,17,27H,3,15-16,18-19H2,1-2H3,(H,28,29)/p+1. The molecule has 1 amide bonds. The van der Waals surface area contributed by atoms with Crippen molar-refractivity contribution in [2.75, 3.05) is 25.1 Å². The fraction of sp³-hybridized carbons (Fsp3) is 0.269. The molecule has 3 N–H and O–H groups in total. The van der Waals surface area contributed by atoms with E-state index in [2.05, 4.69) is 34.9 Å². The smallest absolute Gasteiger partial charge is 0.262 e. The summed E-state index contributed by atoms with van der Waals surface area (Å²) in [5.41, 5.74) is 4.32. The van der Waals surface area contributed by atoms with Crippen LogP contribution in [-0.4, -0.2) is 25.7 Å². The number of benzene rings is 3. The van der Waals surface area contributed by atoms with Crippen molar-refractivity contribution in [1.29, 1.82) is 0 Å². The van der Waals surface area contributed by atoms with E-state index in [-0.39, 0.29) is 12.5 Å². The van der Waals surface area contributed by atoms with Gasteiger partial charge in [-0.3, -0.25) is 4.79 Å². The first-order valence-corrected chi connectivity index (χ1v) is 10.8. The molecule has 3 aromatic carbocycles. The number of aryl methyl sites for hydroxylation is 1. The highest BCUT2D eigenvalue weighted by Gasteiger charge is 2.11. The molecule has 0 fully saturated rings. The highest BCUT2D eigenvalue weighted by atomic mass is 16.5. The zero-order valence-corrected chi connectivity index (χ0v) is 18.3. The van der Waals surface area contributed by atoms with Crippen molar-refractivity contribution >= 4 is 11.6 Å². The molecule has 5 heteroatoms. The van der Waals surface area contributed by atoms with Gasteiger partial charge in [0.15, 0.2) is 18.1 Å². The SMILES string of the molecule is CCOc1cc(C[NH2+]CCc2ccccc2)ccc1OCC(=O)Nc1ccccc1C. The number of ether oxygens (including phenoxy) is 2. The molecule has 0 saturated carbocycles. The third kappa shape index (κ3) is 7.15. The number of nitrogens with one attached hydrogen (secondary N) is 1. The summed E-state index contributed by atoms with van der Waals surface area (Å²) < 4.78 is 11.5. The molecule has 3 aromatic rings. The molecular weight excluding hydrogens is 388 g/mol. The number of amides is 1. The van der Waals surface area contributed by atoms with Gasteiger partial charge in [-0.05, 0) is 49.2 Å². The van der Waals surface area contributed by atoms with E-state index in [9.17, 15) is 4.79 Å². The van der Waals surface area contributed by atoms with Crippen LogP contribution in [0.15, 0.2) is 72.8 Å². The van der Waals surface area contributed by atoms with Crippen LogP contribution >= 0.6 is 0 Å². The molecule has 0 aliphatic carbocycles. The van der Waals surface area contributed by atoms with Gasteiger partial charge in [-0.25, -0.2) is 0 Å². The lowest BCUT2D eigenvalue weighted by Crippen LogP contribution is -2.83. The zero-order chi connectivity index (χ0) is 21.9. The van der Waals surface area contributed by atoms with Crippen LogP contribution in [0, 0.1) is 6.92 Å². The number of nitrogens with two attached hydrogens (primary N) is 1. The van der Waals surface area contributed by atoms with Crippen LogP contribution in [0.25, 0.3) is 0 Å². The van der Waals surface area contributed by atoms with E-state index < -0.39 is 0 Å². The van der Waals surface area contributed by atoms with Crippen LogP contribution in [0.1, 0.15) is 23.6 Å². The van der Waals surface area contributed by atoms with Crippen molar-refractivity contribution in [2.24, 2.45) is 0 Å². The van der Waals surface area contributed by atoms with Gasteiger partial charge >= 0.3 is 0 Å². The molecule has 0 unspecified atom stereocenters. The van der Waals surface area contributed by atoms with E-state index in [1.165, 1.54) is 5.56 Å². The quantitative estimate of drug-likeness (QED) is 0.466. The maximum atomic E-state index is 12.3. The monoisotopic (exact) mass is 419 g/mol. The third-order valence-electron chi connectivity index (χ3n) is 4.95. The van der Waals surface area contributed by atoms with Crippen LogP contribution < -0.4 is 20.1 Å². The molecule has 3 rings (SSSR count). The van der Waals surface area contributed by atoms with Gasteiger partial charge in [-0.1, -0.05) is 48.5 Å². The molecular formula is C26H31N2O3+. The van der Waals surface area contributed by atoms with Crippen LogP contribution in [0.3, 0.4) is 0 Å². The lowest BCUT2D eigenvalue weighted by Gasteiger charge is -2.14. The minimum absolute atomic E-state index is 0.0725. The Hall–Kier alpha value is -3.31. The summed E-state index contributed by atoms with van der Waals surface area (Å²) in [4.78, 5) is 12.3. The minimum atomic E-state index is -0.199. The molecule has 0 heterocycles. The van der Waals surface area contributed by atoms with Gasteiger partial charge in [0.05, 0.1) is 13.2 Å². The van der Waals surface area contributed by atoms with Gasteiger partial charge < -0.3 is 20.1 Å². The number of quaternary nitrogens is 1. The molecule has 31 heavy (non-hydrogen) atoms. The Morgan fingerprint density at radius 1 is 0.903 bits per heavy atom. The first-order valence-electron chi connectivity index (χ1n) is 10.8. The second-order valence-electron chi connectivity index (χ2n) is 7.38. The summed E-state index contributed by atoms with van der Waals surface area (Å²) in [6, 6.07) is 24.1. The molecule has 0 aromatic heterocycles. The lowest BCUT2D eigenvalue weighted by atomic mass is 10.1. The minimum Gasteiger partial charge on any atom is -0.490 e. The second-order valence-corrected chi connectivity index (χ2v) is 7.38. The predicted molar refractivity (Wildman–Crippen MR) is 124 cm³/mol. The van der Waals surface area contributed by atoms with Gasteiger partial charge in [0.2, 0.25) is 0 Å². The normalized spacial score (nSPS) is 10.5. The summed E-state index contributed by atoms with van der Waals surface area (Å²) >= 11 is 0. The highest BCUT2D eigenvalue weighted by molar-refractivity contribution is 5.92. The summed E-state index contributed by atoms with van der Waals surface area (Å²) in [5, 5.41) is 5.17. The van der Waals surface area contributed by atoms with E-state index in [0.717, 1.165) is 36.3 Å². The van der Waals surface area contributed by atoms with Crippen molar-refractivity contribution in [1.82, 2.24) is 0 Å². The number of carbonyl (C=O) groups is 1. The molecule has 0 bridgehead atoms. The lowest BCUT2D eigenvalue weighted by molar-refractivity contribution is -0.670. The first-order chi connectivity index (χ1) is 15.2. The number of hydrogen-bond donors (Lipinski definition) is 2. The Labute approximate surface area is 184 Å². The fourth-order valence-electron chi connectivity index (χ4n) is 3.29. The van der Waals surface area contributed by atoms with E-state index in [4.69, 9.17) is 9.47 Å². The van der Waals surface area contributed by atoms with Gasteiger partial charge in [0.1, 0.15) is 6.54 Å². The predicted octanol–water partition coefficient (Wildman–Crippen LogP) is 3.72. The van der Waals surface area contributed by atoms with Gasteiger partial charge in [-0.15, -0.1) is 0 Å². The van der Waals surface area contributed by atoms with Crippen molar-refractivity contribution in [3.63, 3.8) is 0 Å². The van der Waals surface area contributed by atoms with Crippen molar-refractivity contribution in [2.45, 2.75) is 26.8 Å². The Morgan fingerprint density at radius 2 is 1.68 bits per heavy atom. The molecule has 0 aliphatic heterocycles. The molecule has 0 radical (unpaired) electrons. The Morgan fingerprint density at radius 3 is 2.45 bits per heavy atom. The van der Waals surface area contributed by atoms with E-state index >= 15 is 0 Å². The molecule has 5 nitrogen and oxygen atoms in total. The average molecular weight is 420 g/mol. The largest absolute Gasteiger partial charge is 0.490 e. The number of anilines is 1. The van der Waals surface area contributed by atoms with Crippen LogP contribution in [0.4, 0.5) is 5.69 Å². The number of hydrogen-bond acceptors (Lipinski definition) is 3. The summed E-state index contributed by atoms with van der Waals surface area (Å²) in [5.74, 6) is 1.05. The molecule has 0 atom stereocenters. The average Bonchev–Trinajstić information content (AvgIpc) is 2.79. The summed E-state index contributed by atoms with van der Waals surface area (Å²) in [6.45, 7) is 6.24. The van der Waals surface area contributed by atoms with Crippen molar-refractivity contribution < 1.29 is 19.6 Å². The fourth-order valence-corrected chi connectivity index (χ4v) is 3.29. The molecule has 0 saturated heterocycles. The Kier molecular flexibility index (Phi) is 8.49. The van der Waals surface area contributed by atoms with Crippen LogP contribution in [0.5, 0.6) is 11.5 Å². The molecule has 162 valence electrons.